The average Bonchev–Trinajstić information content (AvgIpc) is 4.02. The molecule has 7 rings (SSSR count). The molecule has 2 aliphatic carbocycles. The number of nitrogens with zero attached hydrogens (tertiary/aromatic N) is 2. The Morgan fingerprint density at radius 2 is 1.82 bits per heavy atom. The zero-order chi connectivity index (χ0) is 34.3. The number of rotatable bonds is 7. The Hall–Kier alpha value is -3.91. The number of carbonyl (C=O) groups is 3. The third kappa shape index (κ3) is 7.96. The number of sulfonamides is 1. The molecule has 0 radical (unpaired) electrons. The van der Waals surface area contributed by atoms with Gasteiger partial charge in [-0.1, -0.05) is 48.9 Å². The third-order valence-electron chi connectivity index (χ3n) is 9.98. The molecule has 3 fully saturated rings. The molecule has 1 saturated heterocycles. The van der Waals surface area contributed by atoms with Crippen molar-refractivity contribution in [3.63, 3.8) is 0 Å². The molecule has 3 amide bonds. The molecule has 4 aliphatic rings. The number of fused-ring (bicyclic) bond motifs is 3. The maximum absolute atomic E-state index is 14.1. The van der Waals surface area contributed by atoms with Crippen LogP contribution in [0.2, 0.25) is 0 Å². The van der Waals surface area contributed by atoms with E-state index in [9.17, 15) is 22.8 Å². The molecule has 3 heterocycles. The maximum atomic E-state index is 14.1. The van der Waals surface area contributed by atoms with Crippen molar-refractivity contribution < 1.29 is 32.3 Å². The number of ether oxygens (including phenoxy) is 2. The Labute approximate surface area is 309 Å². The summed E-state index contributed by atoms with van der Waals surface area (Å²) in [5.74, 6) is -0.858. The predicted octanol–water partition coefficient (Wildman–Crippen LogP) is 4.04. The number of amides is 3. The molecule has 12 nitrogen and oxygen atoms in total. The first-order valence-electron chi connectivity index (χ1n) is 16.9. The highest BCUT2D eigenvalue weighted by molar-refractivity contribution is 7.91. The van der Waals surface area contributed by atoms with Gasteiger partial charge >= 0.3 is 0 Å². The molecule has 3 aromatic rings. The van der Waals surface area contributed by atoms with Gasteiger partial charge in [0.15, 0.2) is 0 Å². The fourth-order valence-corrected chi connectivity index (χ4v) is 8.27. The van der Waals surface area contributed by atoms with Crippen LogP contribution in [0.25, 0.3) is 22.2 Å². The van der Waals surface area contributed by atoms with Crippen LogP contribution in [0.4, 0.5) is 0 Å². The summed E-state index contributed by atoms with van der Waals surface area (Å²) in [6.07, 6.45) is 7.33. The number of nitrogens with one attached hydrogen (secondary N) is 2. The predicted molar refractivity (Wildman–Crippen MR) is 197 cm³/mol. The van der Waals surface area contributed by atoms with E-state index in [1.807, 2.05) is 66.7 Å². The quantitative estimate of drug-likeness (QED) is 0.301. The lowest BCUT2D eigenvalue weighted by atomic mass is 10.0. The number of hydrogen-bond acceptors (Lipinski definition) is 9. The van der Waals surface area contributed by atoms with Gasteiger partial charge in [-0.2, -0.15) is 0 Å². The van der Waals surface area contributed by atoms with Crippen molar-refractivity contribution in [2.24, 2.45) is 11.7 Å². The molecule has 2 aromatic carbocycles. The minimum atomic E-state index is -3.84. The van der Waals surface area contributed by atoms with Gasteiger partial charge in [-0.25, -0.2) is 13.4 Å². The van der Waals surface area contributed by atoms with Crippen LogP contribution in [0, 0.1) is 5.92 Å². The van der Waals surface area contributed by atoms with Crippen LogP contribution >= 0.6 is 24.8 Å². The van der Waals surface area contributed by atoms with Gasteiger partial charge in [0.25, 0.3) is 5.91 Å². The number of aromatic nitrogens is 1. The van der Waals surface area contributed by atoms with Crippen molar-refractivity contribution in [2.75, 3.05) is 13.7 Å². The molecular weight excluding hydrogens is 717 g/mol. The van der Waals surface area contributed by atoms with Crippen LogP contribution in [0.15, 0.2) is 66.7 Å². The van der Waals surface area contributed by atoms with Crippen LogP contribution in [-0.4, -0.2) is 78.7 Å². The van der Waals surface area contributed by atoms with E-state index in [1.54, 1.807) is 7.11 Å². The van der Waals surface area contributed by atoms with Gasteiger partial charge in [0.05, 0.1) is 36.2 Å². The third-order valence-corrected chi connectivity index (χ3v) is 11.8. The lowest BCUT2D eigenvalue weighted by molar-refractivity contribution is -0.140. The van der Waals surface area contributed by atoms with Crippen LogP contribution in [0.1, 0.15) is 51.4 Å². The molecular formula is C36H43Cl2N5O7S. The molecule has 5 atom stereocenters. The molecule has 15 heteroatoms. The topological polar surface area (TPSA) is 170 Å². The van der Waals surface area contributed by atoms with E-state index in [4.69, 9.17) is 20.2 Å². The van der Waals surface area contributed by atoms with E-state index in [-0.39, 0.29) is 56.0 Å². The Bertz CT molecular complexity index is 1930. The van der Waals surface area contributed by atoms with Crippen molar-refractivity contribution in [3.8, 4) is 22.8 Å². The zero-order valence-electron chi connectivity index (χ0n) is 28.2. The number of carbonyl (C=O) groups excluding carboxylic acids is 3. The van der Waals surface area contributed by atoms with Gasteiger partial charge in [-0.3, -0.25) is 19.1 Å². The minimum absolute atomic E-state index is 0. The fourth-order valence-electron chi connectivity index (χ4n) is 6.90. The summed E-state index contributed by atoms with van der Waals surface area (Å²) in [4.78, 5) is 47.8. The highest BCUT2D eigenvalue weighted by atomic mass is 35.5. The molecule has 51 heavy (non-hydrogen) atoms. The van der Waals surface area contributed by atoms with E-state index in [0.29, 0.717) is 54.8 Å². The first-order valence-corrected chi connectivity index (χ1v) is 18.4. The van der Waals surface area contributed by atoms with Crippen LogP contribution in [-0.2, 0) is 24.4 Å². The second-order valence-corrected chi connectivity index (χ2v) is 15.5. The highest BCUT2D eigenvalue weighted by Gasteiger charge is 2.62. The van der Waals surface area contributed by atoms with E-state index in [1.165, 1.54) is 4.90 Å². The number of allylic oxidation sites excluding steroid dienone is 1. The molecule has 2 saturated carbocycles. The van der Waals surface area contributed by atoms with Crippen LogP contribution in [0.5, 0.6) is 11.5 Å². The summed E-state index contributed by atoms with van der Waals surface area (Å²) in [6, 6.07) is 15.3. The molecule has 0 spiro atoms. The Balaban J connectivity index is 0.00000252. The number of pyridine rings is 1. The summed E-state index contributed by atoms with van der Waals surface area (Å²) in [6.45, 7) is 0.101. The van der Waals surface area contributed by atoms with Crippen molar-refractivity contribution in [1.29, 1.82) is 0 Å². The second-order valence-electron chi connectivity index (χ2n) is 13.5. The average molecular weight is 761 g/mol. The van der Waals surface area contributed by atoms with Crippen LogP contribution < -0.4 is 25.2 Å². The van der Waals surface area contributed by atoms with Crippen molar-refractivity contribution >= 4 is 63.5 Å². The largest absolute Gasteiger partial charge is 0.497 e. The zero-order valence-corrected chi connectivity index (χ0v) is 30.6. The lowest BCUT2D eigenvalue weighted by Gasteiger charge is -2.28. The molecule has 1 unspecified atom stereocenters. The molecule has 2 aliphatic heterocycles. The van der Waals surface area contributed by atoms with Gasteiger partial charge in [0, 0.05) is 35.4 Å². The molecule has 274 valence electrons. The Morgan fingerprint density at radius 3 is 2.55 bits per heavy atom. The summed E-state index contributed by atoms with van der Waals surface area (Å²) in [7, 11) is -2.25. The number of hydrogen-bond donors (Lipinski definition) is 3. The summed E-state index contributed by atoms with van der Waals surface area (Å²) >= 11 is 0. The lowest BCUT2D eigenvalue weighted by Crippen LogP contribution is -2.57. The van der Waals surface area contributed by atoms with Gasteiger partial charge in [0.2, 0.25) is 21.8 Å². The molecule has 1 aromatic heterocycles. The number of benzene rings is 2. The Kier molecular flexibility index (Phi) is 11.5. The Morgan fingerprint density at radius 1 is 1.06 bits per heavy atom. The summed E-state index contributed by atoms with van der Waals surface area (Å²) in [5.41, 5.74) is 7.20. The highest BCUT2D eigenvalue weighted by Crippen LogP contribution is 2.46. The number of methoxy groups -OCH3 is 1. The normalized spacial score (nSPS) is 27.0. The van der Waals surface area contributed by atoms with E-state index in [0.717, 1.165) is 17.4 Å². The summed E-state index contributed by atoms with van der Waals surface area (Å²) < 4.78 is 39.7. The SMILES string of the molecule is COc1ccc2c(O[C@@H]3C[C@H]4C(=O)N[C@]5(C(=O)NS(=O)(=O)C6CC6)CC5/C=C/CCCC[C@H](N)C(=O)N4C3)cc(-c3ccccc3)nc2c1.Cl.Cl. The molecule has 4 N–H and O–H groups in total. The van der Waals surface area contributed by atoms with E-state index < -0.39 is 50.8 Å². The minimum Gasteiger partial charge on any atom is -0.497 e. The van der Waals surface area contributed by atoms with E-state index >= 15 is 0 Å². The number of halogens is 2. The van der Waals surface area contributed by atoms with Gasteiger partial charge in [-0.05, 0) is 50.7 Å². The van der Waals surface area contributed by atoms with E-state index in [2.05, 4.69) is 10.0 Å². The maximum Gasteiger partial charge on any atom is 0.259 e. The van der Waals surface area contributed by atoms with Crippen molar-refractivity contribution in [1.82, 2.24) is 19.9 Å². The van der Waals surface area contributed by atoms with Gasteiger partial charge in [0.1, 0.15) is 29.2 Å². The smallest absolute Gasteiger partial charge is 0.259 e. The number of nitrogens with two attached hydrogens (primary N) is 1. The standard InChI is InChI=1S/C36H41N5O7S.2ClH/c1-47-24-13-16-27-30(17-24)38-29(22-9-5-4-6-10-22)19-32(27)48-25-18-31-33(42)39-36(35(44)40-49(45,46)26-14-15-26)20-23(36)11-7-2-3-8-12-28(37)34(43)41(31)21-25;;/h4-7,9-11,13,16-17,19,23,25-26,28,31H,2-3,8,12,14-15,18,20-21,37H2,1H3,(H,39,42)(H,40,44);2*1H/b11-7+;;/t23?,25-,28+,31+,36-;;/m1../s1. The summed E-state index contributed by atoms with van der Waals surface area (Å²) in [5, 5.41) is 3.03. The first-order chi connectivity index (χ1) is 23.6. The van der Waals surface area contributed by atoms with Crippen molar-refractivity contribution in [3.05, 3.63) is 66.7 Å². The van der Waals surface area contributed by atoms with Crippen LogP contribution in [0.3, 0.4) is 0 Å². The monoisotopic (exact) mass is 759 g/mol. The second kappa shape index (κ2) is 15.4. The van der Waals surface area contributed by atoms with Gasteiger partial charge in [-0.15, -0.1) is 24.8 Å². The fraction of sp³-hybridized carbons (Fsp3) is 0.444. The molecule has 0 bridgehead atoms. The van der Waals surface area contributed by atoms with Gasteiger partial charge < -0.3 is 25.4 Å². The van der Waals surface area contributed by atoms with Crippen molar-refractivity contribution in [2.45, 2.75) is 80.3 Å². The first kappa shape index (κ1) is 38.3.